The van der Waals surface area contributed by atoms with Gasteiger partial charge >= 0.3 is 12.0 Å². The molecule has 1 fully saturated rings. The lowest BCUT2D eigenvalue weighted by Gasteiger charge is -2.34. The molecule has 1 rings (SSSR count). The molecule has 1 saturated heterocycles. The Morgan fingerprint density at radius 1 is 1.45 bits per heavy atom. The normalized spacial score (nSPS) is 21.6. The Morgan fingerprint density at radius 3 is 2.60 bits per heavy atom. The predicted molar refractivity (Wildman–Crippen MR) is 71.0 cm³/mol. The molecule has 1 aliphatic heterocycles. The molecule has 7 heteroatoms. The first-order chi connectivity index (χ1) is 9.40. The molecule has 1 aliphatic rings. The molecule has 0 aromatic rings. The maximum atomic E-state index is 12.4. The minimum Gasteiger partial charge on any atom is -0.481 e. The SMILES string of the molecule is CC(C)N(CCC#N)C(=O)N(C)C1COCC1C(=O)O. The molecule has 0 saturated carbocycles. The van der Waals surface area contributed by atoms with Gasteiger partial charge in [0.05, 0.1) is 31.7 Å². The number of nitrogens with zero attached hydrogens (tertiary/aromatic N) is 3. The van der Waals surface area contributed by atoms with Crippen LogP contribution in [0.5, 0.6) is 0 Å². The number of amides is 2. The Balaban J connectivity index is 2.78. The Morgan fingerprint density at radius 2 is 2.10 bits per heavy atom. The molecule has 2 amide bonds. The molecule has 0 aliphatic carbocycles. The summed E-state index contributed by atoms with van der Waals surface area (Å²) in [4.78, 5) is 26.6. The smallest absolute Gasteiger partial charge is 0.320 e. The van der Waals surface area contributed by atoms with Gasteiger partial charge in [-0.2, -0.15) is 5.26 Å². The summed E-state index contributed by atoms with van der Waals surface area (Å²) in [7, 11) is 1.58. The third-order valence-electron chi connectivity index (χ3n) is 3.50. The number of likely N-dealkylation sites (N-methyl/N-ethyl adjacent to an activating group) is 1. The van der Waals surface area contributed by atoms with Crippen LogP contribution in [-0.2, 0) is 9.53 Å². The van der Waals surface area contributed by atoms with Crippen molar-refractivity contribution in [2.45, 2.75) is 32.4 Å². The number of rotatable bonds is 5. The van der Waals surface area contributed by atoms with Crippen LogP contribution in [0.2, 0.25) is 0 Å². The molecule has 7 nitrogen and oxygen atoms in total. The fourth-order valence-electron chi connectivity index (χ4n) is 2.25. The molecule has 2 atom stereocenters. The van der Waals surface area contributed by atoms with Crippen molar-refractivity contribution in [3.05, 3.63) is 0 Å². The first kappa shape index (κ1) is 16.2. The number of urea groups is 1. The molecule has 0 spiro atoms. The zero-order valence-corrected chi connectivity index (χ0v) is 12.1. The second-order valence-electron chi connectivity index (χ2n) is 5.14. The second-order valence-corrected chi connectivity index (χ2v) is 5.14. The summed E-state index contributed by atoms with van der Waals surface area (Å²) in [5.74, 6) is -1.66. The third-order valence-corrected chi connectivity index (χ3v) is 3.50. The van der Waals surface area contributed by atoms with Gasteiger partial charge in [-0.15, -0.1) is 0 Å². The van der Waals surface area contributed by atoms with Crippen LogP contribution in [0.4, 0.5) is 4.79 Å². The minimum atomic E-state index is -0.958. The highest BCUT2D eigenvalue weighted by Crippen LogP contribution is 2.20. The third kappa shape index (κ3) is 3.61. The van der Waals surface area contributed by atoms with E-state index in [1.807, 2.05) is 19.9 Å². The van der Waals surface area contributed by atoms with Crippen molar-refractivity contribution in [2.75, 3.05) is 26.8 Å². The van der Waals surface area contributed by atoms with Gasteiger partial charge in [0.15, 0.2) is 0 Å². The molecule has 0 aromatic heterocycles. The van der Waals surface area contributed by atoms with Crippen LogP contribution in [0.3, 0.4) is 0 Å². The van der Waals surface area contributed by atoms with Crippen LogP contribution in [0.25, 0.3) is 0 Å². The second kappa shape index (κ2) is 7.10. The lowest BCUT2D eigenvalue weighted by molar-refractivity contribution is -0.142. The van der Waals surface area contributed by atoms with E-state index in [-0.39, 0.29) is 31.7 Å². The summed E-state index contributed by atoms with van der Waals surface area (Å²) in [5.41, 5.74) is 0. The van der Waals surface area contributed by atoms with Crippen LogP contribution < -0.4 is 0 Å². The molecule has 112 valence electrons. The summed E-state index contributed by atoms with van der Waals surface area (Å²) >= 11 is 0. The number of carbonyl (C=O) groups is 2. The standard InChI is InChI=1S/C13H21N3O4/c1-9(2)16(6-4-5-14)13(19)15(3)11-8-20-7-10(11)12(17)18/h9-11H,4,6-8H2,1-3H3,(H,17,18). The topological polar surface area (TPSA) is 93.9 Å². The predicted octanol–water partition coefficient (Wildman–Crippen LogP) is 0.762. The monoisotopic (exact) mass is 283 g/mol. The lowest BCUT2D eigenvalue weighted by Crippen LogP contribution is -2.52. The van der Waals surface area contributed by atoms with E-state index in [0.29, 0.717) is 6.54 Å². The fraction of sp³-hybridized carbons (Fsp3) is 0.769. The van der Waals surface area contributed by atoms with E-state index >= 15 is 0 Å². The average Bonchev–Trinajstić information content (AvgIpc) is 2.86. The molecule has 0 bridgehead atoms. The van der Waals surface area contributed by atoms with Gasteiger partial charge in [-0.1, -0.05) is 0 Å². The van der Waals surface area contributed by atoms with Gasteiger partial charge < -0.3 is 19.6 Å². The molecular weight excluding hydrogens is 262 g/mol. The van der Waals surface area contributed by atoms with Crippen LogP contribution in [0, 0.1) is 17.2 Å². The summed E-state index contributed by atoms with van der Waals surface area (Å²) in [6.45, 7) is 4.41. The lowest BCUT2D eigenvalue weighted by atomic mass is 10.0. The highest BCUT2D eigenvalue weighted by atomic mass is 16.5. The molecule has 0 aromatic carbocycles. The summed E-state index contributed by atoms with van der Waals surface area (Å²) < 4.78 is 5.18. The zero-order valence-electron chi connectivity index (χ0n) is 12.1. The van der Waals surface area contributed by atoms with Crippen LogP contribution in [0.1, 0.15) is 20.3 Å². The number of ether oxygens (including phenoxy) is 1. The van der Waals surface area contributed by atoms with Crippen molar-refractivity contribution in [3.8, 4) is 6.07 Å². The number of carbonyl (C=O) groups excluding carboxylic acids is 1. The van der Waals surface area contributed by atoms with Crippen molar-refractivity contribution in [1.29, 1.82) is 5.26 Å². The number of hydrogen-bond donors (Lipinski definition) is 1. The van der Waals surface area contributed by atoms with Crippen molar-refractivity contribution in [3.63, 3.8) is 0 Å². The van der Waals surface area contributed by atoms with Gasteiger partial charge in [0, 0.05) is 19.6 Å². The van der Waals surface area contributed by atoms with Crippen molar-refractivity contribution in [1.82, 2.24) is 9.80 Å². The van der Waals surface area contributed by atoms with Gasteiger partial charge in [0.2, 0.25) is 0 Å². The minimum absolute atomic E-state index is 0.0519. The summed E-state index contributed by atoms with van der Waals surface area (Å²) in [6.07, 6.45) is 0.251. The Bertz CT molecular complexity index is 405. The Hall–Kier alpha value is -1.81. The molecule has 1 N–H and O–H groups in total. The summed E-state index contributed by atoms with van der Waals surface area (Å²) in [5, 5.41) is 17.8. The number of carboxylic acid groups (broad SMARTS) is 1. The average molecular weight is 283 g/mol. The first-order valence-corrected chi connectivity index (χ1v) is 6.61. The largest absolute Gasteiger partial charge is 0.481 e. The van der Waals surface area contributed by atoms with Gasteiger partial charge in [-0.05, 0) is 13.8 Å². The molecule has 20 heavy (non-hydrogen) atoms. The molecule has 2 unspecified atom stereocenters. The number of aliphatic carboxylic acids is 1. The van der Waals surface area contributed by atoms with E-state index in [1.54, 1.807) is 11.9 Å². The summed E-state index contributed by atoms with van der Waals surface area (Å²) in [6, 6.07) is 1.22. The van der Waals surface area contributed by atoms with Crippen LogP contribution >= 0.6 is 0 Å². The maximum absolute atomic E-state index is 12.4. The van der Waals surface area contributed by atoms with Gasteiger partial charge in [-0.3, -0.25) is 4.79 Å². The highest BCUT2D eigenvalue weighted by molar-refractivity contribution is 5.77. The van der Waals surface area contributed by atoms with E-state index in [4.69, 9.17) is 15.1 Å². The van der Waals surface area contributed by atoms with E-state index in [0.717, 1.165) is 0 Å². The quantitative estimate of drug-likeness (QED) is 0.804. The zero-order chi connectivity index (χ0) is 15.3. The van der Waals surface area contributed by atoms with Gasteiger partial charge in [0.1, 0.15) is 5.92 Å². The van der Waals surface area contributed by atoms with E-state index in [2.05, 4.69) is 0 Å². The van der Waals surface area contributed by atoms with Gasteiger partial charge in [0.25, 0.3) is 0 Å². The molecule has 1 heterocycles. The van der Waals surface area contributed by atoms with E-state index in [9.17, 15) is 9.59 Å². The fourth-order valence-corrected chi connectivity index (χ4v) is 2.25. The van der Waals surface area contributed by atoms with E-state index < -0.39 is 17.9 Å². The van der Waals surface area contributed by atoms with Crippen molar-refractivity contribution < 1.29 is 19.4 Å². The number of hydrogen-bond acceptors (Lipinski definition) is 4. The number of nitriles is 1. The van der Waals surface area contributed by atoms with Crippen LogP contribution in [0.15, 0.2) is 0 Å². The highest BCUT2D eigenvalue weighted by Gasteiger charge is 2.39. The maximum Gasteiger partial charge on any atom is 0.320 e. The van der Waals surface area contributed by atoms with Crippen molar-refractivity contribution >= 4 is 12.0 Å². The molecular formula is C13H21N3O4. The first-order valence-electron chi connectivity index (χ1n) is 6.61. The molecule has 0 radical (unpaired) electrons. The van der Waals surface area contributed by atoms with Gasteiger partial charge in [-0.25, -0.2) is 4.79 Å². The van der Waals surface area contributed by atoms with Crippen LogP contribution in [-0.4, -0.2) is 65.8 Å². The van der Waals surface area contributed by atoms with Crippen molar-refractivity contribution in [2.24, 2.45) is 5.92 Å². The Labute approximate surface area is 118 Å². The van der Waals surface area contributed by atoms with E-state index in [1.165, 1.54) is 4.90 Å². The number of carboxylic acids is 1. The Kier molecular flexibility index (Phi) is 5.77.